The standard InChI is InChI=1S/C11H14O2/c1-9-5-3-4-6-10(9)11(12)7-8-13-2/h3-6H,7-8H2,1-2H3. The lowest BCUT2D eigenvalue weighted by Crippen LogP contribution is -2.04. The van der Waals surface area contributed by atoms with Crippen LogP contribution in [0.15, 0.2) is 24.3 Å². The van der Waals surface area contributed by atoms with E-state index in [4.69, 9.17) is 4.74 Å². The first-order valence-corrected chi connectivity index (χ1v) is 4.33. The number of aryl methyl sites for hydroxylation is 1. The molecule has 0 bridgehead atoms. The van der Waals surface area contributed by atoms with Crippen molar-refractivity contribution in [2.24, 2.45) is 0 Å². The van der Waals surface area contributed by atoms with Crippen LogP contribution in [-0.4, -0.2) is 19.5 Å². The Balaban J connectivity index is 2.71. The molecular formula is C11H14O2. The van der Waals surface area contributed by atoms with Crippen LogP contribution in [0.2, 0.25) is 0 Å². The molecule has 0 aliphatic heterocycles. The average molecular weight is 178 g/mol. The van der Waals surface area contributed by atoms with Crippen molar-refractivity contribution in [2.75, 3.05) is 13.7 Å². The third kappa shape index (κ3) is 2.67. The number of carbonyl (C=O) groups excluding carboxylic acids is 1. The van der Waals surface area contributed by atoms with Gasteiger partial charge < -0.3 is 4.74 Å². The molecule has 0 saturated carbocycles. The summed E-state index contributed by atoms with van der Waals surface area (Å²) in [4.78, 5) is 11.5. The van der Waals surface area contributed by atoms with E-state index < -0.39 is 0 Å². The maximum absolute atomic E-state index is 11.5. The lowest BCUT2D eigenvalue weighted by Gasteiger charge is -2.03. The topological polar surface area (TPSA) is 26.3 Å². The van der Waals surface area contributed by atoms with Crippen LogP contribution in [0, 0.1) is 6.92 Å². The van der Waals surface area contributed by atoms with Gasteiger partial charge in [0.15, 0.2) is 5.78 Å². The van der Waals surface area contributed by atoms with Crippen LogP contribution in [0.5, 0.6) is 0 Å². The van der Waals surface area contributed by atoms with E-state index in [1.165, 1.54) is 0 Å². The van der Waals surface area contributed by atoms with E-state index in [2.05, 4.69) is 0 Å². The summed E-state index contributed by atoms with van der Waals surface area (Å²) < 4.78 is 4.85. The predicted octanol–water partition coefficient (Wildman–Crippen LogP) is 2.21. The lowest BCUT2D eigenvalue weighted by molar-refractivity contribution is 0.0931. The minimum absolute atomic E-state index is 0.153. The second-order valence-electron chi connectivity index (χ2n) is 2.98. The number of Topliss-reactive ketones (excluding diaryl/α,β-unsaturated/α-hetero) is 1. The molecule has 70 valence electrons. The number of benzene rings is 1. The van der Waals surface area contributed by atoms with E-state index in [1.54, 1.807) is 7.11 Å². The van der Waals surface area contributed by atoms with Crippen LogP contribution in [0.3, 0.4) is 0 Å². The number of ketones is 1. The third-order valence-corrected chi connectivity index (χ3v) is 1.98. The normalized spacial score (nSPS) is 10.0. The summed E-state index contributed by atoms with van der Waals surface area (Å²) in [6, 6.07) is 7.61. The Morgan fingerprint density at radius 1 is 1.38 bits per heavy atom. The van der Waals surface area contributed by atoms with E-state index in [-0.39, 0.29) is 5.78 Å². The molecule has 13 heavy (non-hydrogen) atoms. The number of rotatable bonds is 4. The Bertz CT molecular complexity index is 292. The number of hydrogen-bond donors (Lipinski definition) is 0. The van der Waals surface area contributed by atoms with Crippen LogP contribution in [-0.2, 0) is 4.74 Å². The van der Waals surface area contributed by atoms with Crippen molar-refractivity contribution >= 4 is 5.78 Å². The van der Waals surface area contributed by atoms with Gasteiger partial charge in [0.1, 0.15) is 0 Å². The van der Waals surface area contributed by atoms with Crippen LogP contribution >= 0.6 is 0 Å². The first-order chi connectivity index (χ1) is 6.25. The summed E-state index contributed by atoms with van der Waals surface area (Å²) in [5.41, 5.74) is 1.84. The molecule has 0 heterocycles. The fraction of sp³-hybridized carbons (Fsp3) is 0.364. The summed E-state index contributed by atoms with van der Waals surface area (Å²) in [6.07, 6.45) is 0.460. The number of ether oxygens (including phenoxy) is 1. The SMILES string of the molecule is COCCC(=O)c1ccccc1C. The molecule has 0 fully saturated rings. The summed E-state index contributed by atoms with van der Waals surface area (Å²) in [5.74, 6) is 0.153. The highest BCUT2D eigenvalue weighted by atomic mass is 16.5. The van der Waals surface area contributed by atoms with Gasteiger partial charge in [0, 0.05) is 19.1 Å². The minimum Gasteiger partial charge on any atom is -0.384 e. The van der Waals surface area contributed by atoms with Crippen LogP contribution in [0.25, 0.3) is 0 Å². The van der Waals surface area contributed by atoms with Gasteiger partial charge in [-0.3, -0.25) is 4.79 Å². The molecule has 0 spiro atoms. The van der Waals surface area contributed by atoms with E-state index >= 15 is 0 Å². The van der Waals surface area contributed by atoms with Crippen LogP contribution in [0.1, 0.15) is 22.3 Å². The van der Waals surface area contributed by atoms with Gasteiger partial charge in [0.2, 0.25) is 0 Å². The van der Waals surface area contributed by atoms with Gasteiger partial charge in [-0.25, -0.2) is 0 Å². The molecule has 0 aromatic heterocycles. The average Bonchev–Trinajstić information content (AvgIpc) is 2.15. The highest BCUT2D eigenvalue weighted by Crippen LogP contribution is 2.09. The fourth-order valence-corrected chi connectivity index (χ4v) is 1.22. The fourth-order valence-electron chi connectivity index (χ4n) is 1.22. The van der Waals surface area contributed by atoms with Crippen LogP contribution in [0.4, 0.5) is 0 Å². The van der Waals surface area contributed by atoms with Gasteiger partial charge in [-0.05, 0) is 12.5 Å². The molecule has 2 nitrogen and oxygen atoms in total. The third-order valence-electron chi connectivity index (χ3n) is 1.98. The van der Waals surface area contributed by atoms with E-state index in [0.29, 0.717) is 13.0 Å². The summed E-state index contributed by atoms with van der Waals surface area (Å²) in [6.45, 7) is 2.44. The number of methoxy groups -OCH3 is 1. The molecule has 1 aromatic rings. The summed E-state index contributed by atoms with van der Waals surface area (Å²) in [5, 5.41) is 0. The van der Waals surface area contributed by atoms with Crippen molar-refractivity contribution in [3.05, 3.63) is 35.4 Å². The zero-order chi connectivity index (χ0) is 9.68. The highest BCUT2D eigenvalue weighted by molar-refractivity contribution is 5.97. The quantitative estimate of drug-likeness (QED) is 0.661. The Hall–Kier alpha value is -1.15. The van der Waals surface area contributed by atoms with Crippen molar-refractivity contribution < 1.29 is 9.53 Å². The second kappa shape index (κ2) is 4.77. The van der Waals surface area contributed by atoms with Crippen molar-refractivity contribution in [2.45, 2.75) is 13.3 Å². The first-order valence-electron chi connectivity index (χ1n) is 4.33. The maximum Gasteiger partial charge on any atom is 0.165 e. The molecule has 2 heteroatoms. The molecule has 0 unspecified atom stereocenters. The second-order valence-corrected chi connectivity index (χ2v) is 2.98. The molecule has 0 radical (unpaired) electrons. The van der Waals surface area contributed by atoms with Gasteiger partial charge in [-0.2, -0.15) is 0 Å². The molecule has 0 aliphatic rings. The Morgan fingerprint density at radius 2 is 2.08 bits per heavy atom. The Labute approximate surface area is 78.5 Å². The predicted molar refractivity (Wildman–Crippen MR) is 52.0 cm³/mol. The van der Waals surface area contributed by atoms with Gasteiger partial charge in [-0.15, -0.1) is 0 Å². The number of carbonyl (C=O) groups is 1. The molecule has 0 atom stereocenters. The molecular weight excluding hydrogens is 164 g/mol. The lowest BCUT2D eigenvalue weighted by atomic mass is 10.0. The monoisotopic (exact) mass is 178 g/mol. The van der Waals surface area contributed by atoms with E-state index in [1.807, 2.05) is 31.2 Å². The summed E-state index contributed by atoms with van der Waals surface area (Å²) in [7, 11) is 1.60. The molecule has 0 aliphatic carbocycles. The highest BCUT2D eigenvalue weighted by Gasteiger charge is 2.06. The van der Waals surface area contributed by atoms with Crippen molar-refractivity contribution in [1.29, 1.82) is 0 Å². The van der Waals surface area contributed by atoms with Crippen molar-refractivity contribution in [3.8, 4) is 0 Å². The van der Waals surface area contributed by atoms with E-state index in [9.17, 15) is 4.79 Å². The summed E-state index contributed by atoms with van der Waals surface area (Å²) >= 11 is 0. The zero-order valence-electron chi connectivity index (χ0n) is 8.04. The van der Waals surface area contributed by atoms with E-state index in [0.717, 1.165) is 11.1 Å². The molecule has 0 N–H and O–H groups in total. The zero-order valence-corrected chi connectivity index (χ0v) is 8.04. The minimum atomic E-state index is 0.153. The first kappa shape index (κ1) is 9.93. The Kier molecular flexibility index (Phi) is 3.65. The van der Waals surface area contributed by atoms with Gasteiger partial charge in [0.25, 0.3) is 0 Å². The molecule has 1 rings (SSSR count). The molecule has 1 aromatic carbocycles. The maximum atomic E-state index is 11.5. The molecule has 0 amide bonds. The Morgan fingerprint density at radius 3 is 2.69 bits per heavy atom. The van der Waals surface area contributed by atoms with Crippen LogP contribution < -0.4 is 0 Å². The molecule has 0 saturated heterocycles. The largest absolute Gasteiger partial charge is 0.384 e. The van der Waals surface area contributed by atoms with Crippen molar-refractivity contribution in [3.63, 3.8) is 0 Å². The van der Waals surface area contributed by atoms with Gasteiger partial charge >= 0.3 is 0 Å². The smallest absolute Gasteiger partial charge is 0.165 e. The van der Waals surface area contributed by atoms with Gasteiger partial charge in [0.05, 0.1) is 6.61 Å². The van der Waals surface area contributed by atoms with Gasteiger partial charge in [-0.1, -0.05) is 24.3 Å². The number of hydrogen-bond acceptors (Lipinski definition) is 2. The van der Waals surface area contributed by atoms with Crippen molar-refractivity contribution in [1.82, 2.24) is 0 Å².